The molecule has 0 aliphatic rings. The molecule has 0 saturated heterocycles. The predicted molar refractivity (Wildman–Crippen MR) is 90.5 cm³/mol. The molecule has 0 radical (unpaired) electrons. The highest BCUT2D eigenvalue weighted by Gasteiger charge is 2.10. The molecule has 3 heteroatoms. The van der Waals surface area contributed by atoms with Crippen molar-refractivity contribution in [3.63, 3.8) is 0 Å². The Kier molecular flexibility index (Phi) is 8.15. The third kappa shape index (κ3) is 5.78. The maximum Gasteiger partial charge on any atom is 0.191 e. The van der Waals surface area contributed by atoms with Gasteiger partial charge < -0.3 is 4.42 Å². The molecule has 0 bridgehead atoms. The first-order valence-electron chi connectivity index (χ1n) is 8.58. The molecule has 1 heterocycles. The van der Waals surface area contributed by atoms with E-state index in [1.807, 2.05) is 27.7 Å². The maximum absolute atomic E-state index is 12.0. The zero-order valence-electron chi connectivity index (χ0n) is 14.6. The Balaban J connectivity index is 2.23. The summed E-state index contributed by atoms with van der Waals surface area (Å²) < 4.78 is 5.77. The Bertz CT molecular complexity index is 540. The molecule has 0 saturated carbocycles. The number of rotatable bonds is 10. The Labute approximate surface area is 134 Å². The monoisotopic (exact) mass is 306 g/mol. The van der Waals surface area contributed by atoms with Gasteiger partial charge in [0.1, 0.15) is 17.3 Å². The molecular weight excluding hydrogens is 276 g/mol. The fourth-order valence-corrected chi connectivity index (χ4v) is 2.64. The highest BCUT2D eigenvalue weighted by Crippen LogP contribution is 2.15. The highest BCUT2D eigenvalue weighted by atomic mass is 16.3. The normalized spacial score (nSPS) is 10.9. The van der Waals surface area contributed by atoms with Crippen LogP contribution in [0.25, 0.3) is 0 Å². The summed E-state index contributed by atoms with van der Waals surface area (Å²) >= 11 is 0. The molecule has 1 aromatic rings. The summed E-state index contributed by atoms with van der Waals surface area (Å²) in [5.41, 5.74) is 1.61. The first-order valence-corrected chi connectivity index (χ1v) is 8.58. The van der Waals surface area contributed by atoms with Crippen molar-refractivity contribution in [2.45, 2.75) is 85.5 Å². The maximum atomic E-state index is 12.0. The second kappa shape index (κ2) is 9.60. The third-order valence-electron chi connectivity index (χ3n) is 4.41. The van der Waals surface area contributed by atoms with Gasteiger partial charge >= 0.3 is 0 Å². The average Bonchev–Trinajstić information content (AvgIpc) is 2.52. The van der Waals surface area contributed by atoms with E-state index in [0.717, 1.165) is 61.2 Å². The number of unbranched alkanes of at least 4 members (excludes halogenated alkanes) is 5. The van der Waals surface area contributed by atoms with Gasteiger partial charge in [-0.05, 0) is 33.6 Å². The lowest BCUT2D eigenvalue weighted by atomic mass is 10.0. The van der Waals surface area contributed by atoms with Crippen LogP contribution < -0.4 is 5.43 Å². The van der Waals surface area contributed by atoms with Crippen LogP contribution in [0.5, 0.6) is 0 Å². The largest absolute Gasteiger partial charge is 0.466 e. The fraction of sp³-hybridized carbons (Fsp3) is 0.684. The van der Waals surface area contributed by atoms with E-state index in [4.69, 9.17) is 4.42 Å². The summed E-state index contributed by atoms with van der Waals surface area (Å²) in [6.07, 6.45) is 9.00. The van der Waals surface area contributed by atoms with Crippen molar-refractivity contribution in [1.82, 2.24) is 0 Å². The number of hydrogen-bond acceptors (Lipinski definition) is 3. The van der Waals surface area contributed by atoms with Gasteiger partial charge in [0, 0.05) is 30.4 Å². The lowest BCUT2D eigenvalue weighted by Gasteiger charge is -2.08. The van der Waals surface area contributed by atoms with Gasteiger partial charge in [-0.3, -0.25) is 9.59 Å². The average molecular weight is 306 g/mol. The smallest absolute Gasteiger partial charge is 0.191 e. The SMILES string of the molecule is CCC(=O)CCCCCCCCc1oc(C)c(C)c(=O)c1C. The molecular formula is C19H30O3. The first-order chi connectivity index (χ1) is 10.5. The van der Waals surface area contributed by atoms with Crippen LogP contribution in [-0.4, -0.2) is 5.78 Å². The minimum absolute atomic E-state index is 0.124. The van der Waals surface area contributed by atoms with Crippen LogP contribution in [0, 0.1) is 20.8 Å². The van der Waals surface area contributed by atoms with Gasteiger partial charge in [-0.1, -0.05) is 32.6 Å². The predicted octanol–water partition coefficient (Wildman–Crippen LogP) is 4.82. The van der Waals surface area contributed by atoms with E-state index in [9.17, 15) is 9.59 Å². The molecule has 0 aliphatic carbocycles. The molecule has 0 unspecified atom stereocenters. The molecule has 0 amide bonds. The van der Waals surface area contributed by atoms with Crippen LogP contribution in [0.1, 0.15) is 80.9 Å². The number of aryl methyl sites for hydroxylation is 2. The van der Waals surface area contributed by atoms with Crippen molar-refractivity contribution >= 4 is 5.78 Å². The molecule has 0 atom stereocenters. The molecule has 0 aliphatic heterocycles. The molecule has 0 aromatic carbocycles. The van der Waals surface area contributed by atoms with E-state index >= 15 is 0 Å². The molecule has 0 spiro atoms. The lowest BCUT2D eigenvalue weighted by molar-refractivity contribution is -0.118. The molecule has 1 rings (SSSR count). The van der Waals surface area contributed by atoms with Crippen LogP contribution in [0.15, 0.2) is 9.21 Å². The minimum Gasteiger partial charge on any atom is -0.466 e. The summed E-state index contributed by atoms with van der Waals surface area (Å²) in [7, 11) is 0. The van der Waals surface area contributed by atoms with Gasteiger partial charge in [0.2, 0.25) is 0 Å². The molecule has 0 fully saturated rings. The van der Waals surface area contributed by atoms with Gasteiger partial charge in [-0.15, -0.1) is 0 Å². The van der Waals surface area contributed by atoms with Gasteiger partial charge in [0.25, 0.3) is 0 Å². The van der Waals surface area contributed by atoms with E-state index in [1.165, 1.54) is 12.8 Å². The molecule has 1 aromatic heterocycles. The second-order valence-corrected chi connectivity index (χ2v) is 6.17. The fourth-order valence-electron chi connectivity index (χ4n) is 2.64. The Morgan fingerprint density at radius 1 is 0.909 bits per heavy atom. The Hall–Kier alpha value is -1.38. The number of carbonyl (C=O) groups excluding carboxylic acids is 1. The van der Waals surface area contributed by atoms with E-state index in [0.29, 0.717) is 12.2 Å². The van der Waals surface area contributed by atoms with Crippen LogP contribution >= 0.6 is 0 Å². The first kappa shape index (κ1) is 18.7. The molecule has 124 valence electrons. The van der Waals surface area contributed by atoms with Gasteiger partial charge in [0.05, 0.1) is 0 Å². The zero-order valence-corrected chi connectivity index (χ0v) is 14.6. The summed E-state index contributed by atoms with van der Waals surface area (Å²) in [4.78, 5) is 23.2. The van der Waals surface area contributed by atoms with Crippen molar-refractivity contribution in [3.05, 3.63) is 32.9 Å². The molecule has 0 N–H and O–H groups in total. The second-order valence-electron chi connectivity index (χ2n) is 6.17. The van der Waals surface area contributed by atoms with Gasteiger partial charge in [-0.2, -0.15) is 0 Å². The number of Topliss-reactive ketones (excluding diaryl/α,β-unsaturated/α-hetero) is 1. The van der Waals surface area contributed by atoms with Crippen LogP contribution in [0.4, 0.5) is 0 Å². The number of hydrogen-bond donors (Lipinski definition) is 0. The standard InChI is InChI=1S/C19H30O3/c1-5-17(20)12-10-8-6-7-9-11-13-18-15(3)19(21)14(2)16(4)22-18/h5-13H2,1-4H3. The third-order valence-corrected chi connectivity index (χ3v) is 4.41. The topological polar surface area (TPSA) is 47.3 Å². The van der Waals surface area contributed by atoms with E-state index in [-0.39, 0.29) is 5.43 Å². The lowest BCUT2D eigenvalue weighted by Crippen LogP contribution is -2.13. The van der Waals surface area contributed by atoms with Crippen molar-refractivity contribution in [1.29, 1.82) is 0 Å². The summed E-state index contributed by atoms with van der Waals surface area (Å²) in [5.74, 6) is 1.97. The van der Waals surface area contributed by atoms with Crippen LogP contribution in [0.2, 0.25) is 0 Å². The highest BCUT2D eigenvalue weighted by molar-refractivity contribution is 5.77. The Morgan fingerprint density at radius 2 is 1.50 bits per heavy atom. The number of ketones is 1. The van der Waals surface area contributed by atoms with Crippen molar-refractivity contribution in [2.24, 2.45) is 0 Å². The quantitative estimate of drug-likeness (QED) is 0.582. The molecule has 3 nitrogen and oxygen atoms in total. The minimum atomic E-state index is 0.124. The summed E-state index contributed by atoms with van der Waals surface area (Å²) in [6, 6.07) is 0. The van der Waals surface area contributed by atoms with Crippen molar-refractivity contribution in [3.8, 4) is 0 Å². The van der Waals surface area contributed by atoms with Gasteiger partial charge in [-0.25, -0.2) is 0 Å². The van der Waals surface area contributed by atoms with Crippen LogP contribution in [0.3, 0.4) is 0 Å². The van der Waals surface area contributed by atoms with Crippen LogP contribution in [-0.2, 0) is 11.2 Å². The molecule has 22 heavy (non-hydrogen) atoms. The van der Waals surface area contributed by atoms with E-state index in [2.05, 4.69) is 0 Å². The van der Waals surface area contributed by atoms with Crippen molar-refractivity contribution in [2.75, 3.05) is 0 Å². The zero-order chi connectivity index (χ0) is 16.5. The summed E-state index contributed by atoms with van der Waals surface area (Å²) in [6.45, 7) is 7.46. The van der Waals surface area contributed by atoms with Crippen molar-refractivity contribution < 1.29 is 9.21 Å². The summed E-state index contributed by atoms with van der Waals surface area (Å²) in [5, 5.41) is 0. The number of carbonyl (C=O) groups is 1. The van der Waals surface area contributed by atoms with E-state index in [1.54, 1.807) is 0 Å². The Morgan fingerprint density at radius 3 is 2.14 bits per heavy atom. The van der Waals surface area contributed by atoms with Gasteiger partial charge in [0.15, 0.2) is 5.43 Å². The van der Waals surface area contributed by atoms with E-state index < -0.39 is 0 Å².